The predicted molar refractivity (Wildman–Crippen MR) is 91.9 cm³/mol. The van der Waals surface area contributed by atoms with Gasteiger partial charge in [-0.1, -0.05) is 25.8 Å². The van der Waals surface area contributed by atoms with Gasteiger partial charge >= 0.3 is 0 Å². The molecule has 1 aliphatic heterocycles. The first-order chi connectivity index (χ1) is 10.3. The smallest absolute Gasteiger partial charge is 0.0443 e. The molecule has 0 spiro atoms. The summed E-state index contributed by atoms with van der Waals surface area (Å²) in [4.78, 5) is 4.19. The minimum absolute atomic E-state index is 0.605. The maximum Gasteiger partial charge on any atom is 0.0443 e. The van der Waals surface area contributed by atoms with Crippen molar-refractivity contribution in [3.05, 3.63) is 22.4 Å². The first-order valence-corrected chi connectivity index (χ1v) is 9.70. The molecule has 0 aromatic carbocycles. The number of hydrogen-bond donors (Lipinski definition) is 1. The van der Waals surface area contributed by atoms with Crippen molar-refractivity contribution in [3.8, 4) is 0 Å². The normalized spacial score (nSPS) is 23.7. The van der Waals surface area contributed by atoms with Crippen molar-refractivity contribution in [2.45, 2.75) is 51.5 Å². The summed E-state index contributed by atoms with van der Waals surface area (Å²) in [7, 11) is 0. The van der Waals surface area contributed by atoms with E-state index in [4.69, 9.17) is 0 Å². The van der Waals surface area contributed by atoms with Crippen LogP contribution in [-0.4, -0.2) is 31.1 Å². The molecule has 2 nitrogen and oxygen atoms in total. The zero-order valence-corrected chi connectivity index (χ0v) is 14.2. The first kappa shape index (κ1) is 15.5. The number of nitrogens with zero attached hydrogens (tertiary/aromatic N) is 1. The van der Waals surface area contributed by atoms with Gasteiger partial charge in [0, 0.05) is 17.5 Å². The van der Waals surface area contributed by atoms with Crippen LogP contribution in [0.1, 0.15) is 56.4 Å². The summed E-state index contributed by atoms with van der Waals surface area (Å²) >= 11 is 1.93. The average molecular weight is 307 g/mol. The Morgan fingerprint density at radius 3 is 2.67 bits per heavy atom. The molecule has 1 aromatic heterocycles. The summed E-state index contributed by atoms with van der Waals surface area (Å²) < 4.78 is 0. The van der Waals surface area contributed by atoms with E-state index in [1.807, 2.05) is 11.3 Å². The van der Waals surface area contributed by atoms with Crippen molar-refractivity contribution in [3.63, 3.8) is 0 Å². The second-order valence-electron chi connectivity index (χ2n) is 7.06. The van der Waals surface area contributed by atoms with E-state index in [0.29, 0.717) is 6.04 Å². The van der Waals surface area contributed by atoms with Crippen LogP contribution in [0.25, 0.3) is 0 Å². The van der Waals surface area contributed by atoms with Crippen molar-refractivity contribution >= 4 is 11.3 Å². The molecule has 1 N–H and O–H groups in total. The molecule has 1 aromatic rings. The molecule has 2 atom stereocenters. The summed E-state index contributed by atoms with van der Waals surface area (Å²) in [5, 5.41) is 6.15. The minimum atomic E-state index is 0.605. The molecule has 2 unspecified atom stereocenters. The van der Waals surface area contributed by atoms with Gasteiger partial charge in [0.05, 0.1) is 0 Å². The maximum atomic E-state index is 3.92. The van der Waals surface area contributed by atoms with Crippen LogP contribution in [0.2, 0.25) is 0 Å². The SMILES string of the molecule is CC(CNC(c1cccs1)C1CCCC1)CN1CCCC1. The van der Waals surface area contributed by atoms with E-state index in [1.54, 1.807) is 4.88 Å². The van der Waals surface area contributed by atoms with Gasteiger partial charge in [-0.3, -0.25) is 0 Å². The highest BCUT2D eigenvalue weighted by Gasteiger charge is 2.27. The average Bonchev–Trinajstić information content (AvgIpc) is 3.23. The number of rotatable bonds is 7. The molecular formula is C18H30N2S. The van der Waals surface area contributed by atoms with E-state index < -0.39 is 0 Å². The Hall–Kier alpha value is -0.380. The van der Waals surface area contributed by atoms with E-state index in [9.17, 15) is 0 Å². The van der Waals surface area contributed by atoms with Gasteiger partial charge in [0.15, 0.2) is 0 Å². The van der Waals surface area contributed by atoms with Crippen molar-refractivity contribution in [1.29, 1.82) is 0 Å². The zero-order chi connectivity index (χ0) is 14.5. The highest BCUT2D eigenvalue weighted by atomic mass is 32.1. The lowest BCUT2D eigenvalue weighted by Gasteiger charge is -2.27. The number of thiophene rings is 1. The van der Waals surface area contributed by atoms with E-state index in [0.717, 1.165) is 18.4 Å². The third kappa shape index (κ3) is 4.30. The molecule has 3 rings (SSSR count). The second-order valence-corrected chi connectivity index (χ2v) is 8.04. The van der Waals surface area contributed by atoms with Gasteiger partial charge in [-0.05, 0) is 68.6 Å². The van der Waals surface area contributed by atoms with Gasteiger partial charge in [0.25, 0.3) is 0 Å². The standard InChI is InChI=1S/C18H30N2S/c1-15(14-20-10-4-5-11-20)13-19-18(16-7-2-3-8-16)17-9-6-12-21-17/h6,9,12,15-16,18-19H,2-5,7-8,10-11,13-14H2,1H3. The Morgan fingerprint density at radius 2 is 2.00 bits per heavy atom. The molecule has 118 valence electrons. The van der Waals surface area contributed by atoms with Crippen molar-refractivity contribution < 1.29 is 0 Å². The highest BCUT2D eigenvalue weighted by molar-refractivity contribution is 7.10. The Morgan fingerprint density at radius 1 is 1.24 bits per heavy atom. The van der Waals surface area contributed by atoms with Crippen LogP contribution in [0.5, 0.6) is 0 Å². The maximum absolute atomic E-state index is 3.92. The van der Waals surface area contributed by atoms with Gasteiger partial charge < -0.3 is 10.2 Å². The van der Waals surface area contributed by atoms with Crippen LogP contribution in [0, 0.1) is 11.8 Å². The summed E-state index contributed by atoms with van der Waals surface area (Å²) in [6, 6.07) is 5.14. The van der Waals surface area contributed by atoms with Crippen molar-refractivity contribution in [2.24, 2.45) is 11.8 Å². The van der Waals surface area contributed by atoms with E-state index in [-0.39, 0.29) is 0 Å². The summed E-state index contributed by atoms with van der Waals surface area (Å²) in [6.07, 6.45) is 8.49. The lowest BCUT2D eigenvalue weighted by Crippen LogP contribution is -2.35. The molecule has 21 heavy (non-hydrogen) atoms. The number of likely N-dealkylation sites (tertiary alicyclic amines) is 1. The Labute approximate surface area is 133 Å². The summed E-state index contributed by atoms with van der Waals surface area (Å²) in [5.41, 5.74) is 0. The molecule has 0 radical (unpaired) electrons. The van der Waals surface area contributed by atoms with Crippen LogP contribution in [0.15, 0.2) is 17.5 Å². The van der Waals surface area contributed by atoms with Gasteiger partial charge in [0.2, 0.25) is 0 Å². The summed E-state index contributed by atoms with van der Waals surface area (Å²) in [6.45, 7) is 7.48. The minimum Gasteiger partial charge on any atom is -0.309 e. The van der Waals surface area contributed by atoms with Crippen LogP contribution in [-0.2, 0) is 0 Å². The third-order valence-electron chi connectivity index (χ3n) is 5.18. The number of hydrogen-bond acceptors (Lipinski definition) is 3. The van der Waals surface area contributed by atoms with Gasteiger partial charge in [-0.25, -0.2) is 0 Å². The molecule has 0 amide bonds. The number of nitrogens with one attached hydrogen (secondary N) is 1. The fourth-order valence-electron chi connectivity index (χ4n) is 4.06. The van der Waals surface area contributed by atoms with Crippen LogP contribution >= 0.6 is 11.3 Å². The Bertz CT molecular complexity index is 391. The molecular weight excluding hydrogens is 276 g/mol. The zero-order valence-electron chi connectivity index (χ0n) is 13.4. The summed E-state index contributed by atoms with van der Waals surface area (Å²) in [5.74, 6) is 1.62. The van der Waals surface area contributed by atoms with Crippen LogP contribution in [0.3, 0.4) is 0 Å². The van der Waals surface area contributed by atoms with Gasteiger partial charge in [0.1, 0.15) is 0 Å². The predicted octanol–water partition coefficient (Wildman–Crippen LogP) is 4.30. The molecule has 2 aliphatic rings. The fraction of sp³-hybridized carbons (Fsp3) is 0.778. The van der Waals surface area contributed by atoms with Gasteiger partial charge in [-0.15, -0.1) is 11.3 Å². The van der Waals surface area contributed by atoms with Crippen molar-refractivity contribution in [2.75, 3.05) is 26.2 Å². The van der Waals surface area contributed by atoms with Crippen LogP contribution < -0.4 is 5.32 Å². The monoisotopic (exact) mass is 306 g/mol. The Kier molecular flexibility index (Phi) is 5.73. The third-order valence-corrected chi connectivity index (χ3v) is 6.13. The molecule has 1 aliphatic carbocycles. The molecule has 2 fully saturated rings. The van der Waals surface area contributed by atoms with E-state index in [1.165, 1.54) is 58.2 Å². The van der Waals surface area contributed by atoms with Crippen LogP contribution in [0.4, 0.5) is 0 Å². The van der Waals surface area contributed by atoms with E-state index in [2.05, 4.69) is 34.7 Å². The largest absolute Gasteiger partial charge is 0.309 e. The second kappa shape index (κ2) is 7.75. The Balaban J connectivity index is 1.51. The molecule has 1 saturated carbocycles. The quantitative estimate of drug-likeness (QED) is 0.808. The van der Waals surface area contributed by atoms with E-state index >= 15 is 0 Å². The molecule has 3 heteroatoms. The first-order valence-electron chi connectivity index (χ1n) is 8.82. The fourth-order valence-corrected chi connectivity index (χ4v) is 4.95. The topological polar surface area (TPSA) is 15.3 Å². The molecule has 0 bridgehead atoms. The lowest BCUT2D eigenvalue weighted by molar-refractivity contribution is 0.267. The molecule has 2 heterocycles. The lowest BCUT2D eigenvalue weighted by atomic mass is 9.96. The highest BCUT2D eigenvalue weighted by Crippen LogP contribution is 2.37. The van der Waals surface area contributed by atoms with Crippen molar-refractivity contribution in [1.82, 2.24) is 10.2 Å². The molecule has 1 saturated heterocycles. The van der Waals surface area contributed by atoms with Gasteiger partial charge in [-0.2, -0.15) is 0 Å².